The van der Waals surface area contributed by atoms with E-state index in [2.05, 4.69) is 30.1 Å². The van der Waals surface area contributed by atoms with Crippen LogP contribution in [0.1, 0.15) is 46.5 Å². The van der Waals surface area contributed by atoms with Crippen molar-refractivity contribution in [2.75, 3.05) is 26.7 Å². The molecule has 19 heavy (non-hydrogen) atoms. The molecular formula is C15H29N3O. The molecule has 4 heteroatoms. The van der Waals surface area contributed by atoms with Crippen LogP contribution in [0.15, 0.2) is 0 Å². The van der Waals surface area contributed by atoms with Crippen LogP contribution in [-0.4, -0.2) is 49.3 Å². The first kappa shape index (κ1) is 16.4. The van der Waals surface area contributed by atoms with Gasteiger partial charge >= 0.3 is 0 Å². The maximum atomic E-state index is 9.30. The highest BCUT2D eigenvalue weighted by atomic mass is 16.5. The van der Waals surface area contributed by atoms with Crippen molar-refractivity contribution in [3.05, 3.63) is 0 Å². The van der Waals surface area contributed by atoms with Gasteiger partial charge in [0.05, 0.1) is 12.2 Å². The van der Waals surface area contributed by atoms with E-state index in [-0.39, 0.29) is 5.54 Å². The SMILES string of the molecule is COC1CCN(CCCC(C)(C#N)NC(C)C)CC1. The lowest BCUT2D eigenvalue weighted by Gasteiger charge is -2.32. The standard InChI is InChI=1S/C15H29N3O/c1-13(2)17-15(3,12-16)8-5-9-18-10-6-14(19-4)7-11-18/h13-14,17H,5-11H2,1-4H3. The molecule has 1 unspecified atom stereocenters. The number of hydrogen-bond acceptors (Lipinski definition) is 4. The van der Waals surface area contributed by atoms with Gasteiger partial charge in [-0.05, 0) is 53.0 Å². The van der Waals surface area contributed by atoms with E-state index in [1.807, 2.05) is 6.92 Å². The number of nitrogens with one attached hydrogen (secondary N) is 1. The molecule has 1 aliphatic heterocycles. The molecule has 0 aliphatic carbocycles. The van der Waals surface area contributed by atoms with E-state index >= 15 is 0 Å². The molecule has 0 spiro atoms. The van der Waals surface area contributed by atoms with Crippen LogP contribution in [0, 0.1) is 11.3 Å². The van der Waals surface area contributed by atoms with E-state index in [0.717, 1.165) is 45.3 Å². The van der Waals surface area contributed by atoms with Crippen molar-refractivity contribution in [3.8, 4) is 6.07 Å². The van der Waals surface area contributed by atoms with Gasteiger partial charge in [-0.25, -0.2) is 0 Å². The van der Waals surface area contributed by atoms with Crippen molar-refractivity contribution in [2.24, 2.45) is 0 Å². The first-order chi connectivity index (χ1) is 8.99. The molecule has 0 bridgehead atoms. The van der Waals surface area contributed by atoms with Gasteiger partial charge in [-0.1, -0.05) is 0 Å². The van der Waals surface area contributed by atoms with Crippen molar-refractivity contribution in [2.45, 2.75) is 64.1 Å². The highest BCUT2D eigenvalue weighted by Crippen LogP contribution is 2.16. The number of hydrogen-bond donors (Lipinski definition) is 1. The molecule has 0 saturated carbocycles. The summed E-state index contributed by atoms with van der Waals surface area (Å²) >= 11 is 0. The molecule has 110 valence electrons. The average Bonchev–Trinajstić information content (AvgIpc) is 2.38. The predicted octanol–water partition coefficient (Wildman–Crippen LogP) is 2.16. The van der Waals surface area contributed by atoms with Crippen LogP contribution < -0.4 is 5.32 Å². The van der Waals surface area contributed by atoms with Gasteiger partial charge in [0, 0.05) is 26.2 Å². The number of nitrogens with zero attached hydrogens (tertiary/aromatic N) is 2. The summed E-state index contributed by atoms with van der Waals surface area (Å²) in [4.78, 5) is 2.49. The Kier molecular flexibility index (Phi) is 6.78. The second-order valence-corrected chi connectivity index (χ2v) is 6.12. The molecular weight excluding hydrogens is 238 g/mol. The summed E-state index contributed by atoms with van der Waals surface area (Å²) in [5, 5.41) is 12.7. The number of nitriles is 1. The van der Waals surface area contributed by atoms with Gasteiger partial charge < -0.3 is 9.64 Å². The number of rotatable bonds is 7. The topological polar surface area (TPSA) is 48.3 Å². The smallest absolute Gasteiger partial charge is 0.104 e. The minimum Gasteiger partial charge on any atom is -0.381 e. The number of likely N-dealkylation sites (tertiary alicyclic amines) is 1. The molecule has 1 atom stereocenters. The number of piperidine rings is 1. The Balaban J connectivity index is 2.24. The highest BCUT2D eigenvalue weighted by molar-refractivity contribution is 5.04. The average molecular weight is 267 g/mol. The van der Waals surface area contributed by atoms with Crippen LogP contribution in [0.25, 0.3) is 0 Å². The third-order valence-electron chi connectivity index (χ3n) is 3.87. The van der Waals surface area contributed by atoms with Crippen LogP contribution in [0.2, 0.25) is 0 Å². The van der Waals surface area contributed by atoms with Crippen molar-refractivity contribution in [3.63, 3.8) is 0 Å². The molecule has 0 radical (unpaired) electrons. The first-order valence-electron chi connectivity index (χ1n) is 7.43. The van der Waals surface area contributed by atoms with Gasteiger partial charge in [0.1, 0.15) is 5.54 Å². The molecule has 1 N–H and O–H groups in total. The Morgan fingerprint density at radius 2 is 2.05 bits per heavy atom. The van der Waals surface area contributed by atoms with Crippen molar-refractivity contribution in [1.82, 2.24) is 10.2 Å². The fraction of sp³-hybridized carbons (Fsp3) is 0.933. The van der Waals surface area contributed by atoms with Crippen molar-refractivity contribution in [1.29, 1.82) is 5.26 Å². The summed E-state index contributed by atoms with van der Waals surface area (Å²) in [5.74, 6) is 0. The Hall–Kier alpha value is -0.630. The van der Waals surface area contributed by atoms with E-state index < -0.39 is 0 Å². The van der Waals surface area contributed by atoms with Gasteiger partial charge in [-0.3, -0.25) is 5.32 Å². The lowest BCUT2D eigenvalue weighted by Crippen LogP contribution is -2.45. The second kappa shape index (κ2) is 7.84. The molecule has 0 aromatic rings. The third-order valence-corrected chi connectivity index (χ3v) is 3.87. The van der Waals surface area contributed by atoms with Crippen LogP contribution in [0.3, 0.4) is 0 Å². The molecule has 1 heterocycles. The number of ether oxygens (including phenoxy) is 1. The van der Waals surface area contributed by atoms with E-state index in [1.54, 1.807) is 7.11 Å². The summed E-state index contributed by atoms with van der Waals surface area (Å²) in [7, 11) is 1.80. The van der Waals surface area contributed by atoms with Gasteiger partial charge in [0.25, 0.3) is 0 Å². The predicted molar refractivity (Wildman–Crippen MR) is 78.0 cm³/mol. The van der Waals surface area contributed by atoms with Crippen LogP contribution in [0.5, 0.6) is 0 Å². The maximum Gasteiger partial charge on any atom is 0.104 e. The lowest BCUT2D eigenvalue weighted by atomic mass is 9.96. The molecule has 0 aromatic carbocycles. The molecule has 4 nitrogen and oxygen atoms in total. The van der Waals surface area contributed by atoms with Gasteiger partial charge in [-0.15, -0.1) is 0 Å². The van der Waals surface area contributed by atoms with Crippen LogP contribution in [-0.2, 0) is 4.74 Å². The maximum absolute atomic E-state index is 9.30. The Morgan fingerprint density at radius 1 is 1.42 bits per heavy atom. The molecule has 0 aromatic heterocycles. The van der Waals surface area contributed by atoms with E-state index in [1.165, 1.54) is 0 Å². The van der Waals surface area contributed by atoms with Crippen LogP contribution in [0.4, 0.5) is 0 Å². The van der Waals surface area contributed by atoms with Gasteiger partial charge in [-0.2, -0.15) is 5.26 Å². The second-order valence-electron chi connectivity index (χ2n) is 6.12. The van der Waals surface area contributed by atoms with E-state index in [0.29, 0.717) is 12.1 Å². The largest absolute Gasteiger partial charge is 0.381 e. The minimum absolute atomic E-state index is 0.349. The lowest BCUT2D eigenvalue weighted by molar-refractivity contribution is 0.0403. The van der Waals surface area contributed by atoms with E-state index in [9.17, 15) is 5.26 Å². The highest BCUT2D eigenvalue weighted by Gasteiger charge is 2.25. The normalized spacial score (nSPS) is 21.3. The Morgan fingerprint density at radius 3 is 2.53 bits per heavy atom. The zero-order valence-electron chi connectivity index (χ0n) is 12.9. The monoisotopic (exact) mass is 267 g/mol. The molecule has 1 fully saturated rings. The summed E-state index contributed by atoms with van der Waals surface area (Å²) in [5.41, 5.74) is -0.390. The summed E-state index contributed by atoms with van der Waals surface area (Å²) in [6, 6.07) is 2.76. The third kappa shape index (κ3) is 5.90. The minimum atomic E-state index is -0.390. The number of methoxy groups -OCH3 is 1. The van der Waals surface area contributed by atoms with Gasteiger partial charge in [0.2, 0.25) is 0 Å². The Labute approximate surface area is 118 Å². The Bertz CT molecular complexity index is 292. The zero-order valence-corrected chi connectivity index (χ0v) is 12.9. The molecule has 1 saturated heterocycles. The quantitative estimate of drug-likeness (QED) is 0.768. The summed E-state index contributed by atoms with van der Waals surface area (Å²) in [6.45, 7) is 9.52. The van der Waals surface area contributed by atoms with Crippen molar-refractivity contribution >= 4 is 0 Å². The fourth-order valence-corrected chi connectivity index (χ4v) is 2.82. The van der Waals surface area contributed by atoms with E-state index in [4.69, 9.17) is 4.74 Å². The summed E-state index contributed by atoms with van der Waals surface area (Å²) in [6.07, 6.45) is 4.70. The first-order valence-corrected chi connectivity index (χ1v) is 7.43. The molecule has 1 rings (SSSR count). The fourth-order valence-electron chi connectivity index (χ4n) is 2.82. The molecule has 1 aliphatic rings. The van der Waals surface area contributed by atoms with Gasteiger partial charge in [0.15, 0.2) is 0 Å². The van der Waals surface area contributed by atoms with Crippen LogP contribution >= 0.6 is 0 Å². The molecule has 0 amide bonds. The summed E-state index contributed by atoms with van der Waals surface area (Å²) < 4.78 is 5.38. The zero-order chi connectivity index (χ0) is 14.3. The van der Waals surface area contributed by atoms with Crippen molar-refractivity contribution < 1.29 is 4.74 Å².